The largest absolute Gasteiger partial charge is 0.478 e. The smallest absolute Gasteiger partial charge is 0.336 e. The van der Waals surface area contributed by atoms with Crippen molar-refractivity contribution in [3.8, 4) is 0 Å². The Morgan fingerprint density at radius 3 is 2.60 bits per heavy atom. The molecule has 1 atom stereocenters. The van der Waals surface area contributed by atoms with E-state index in [1.165, 1.54) is 12.5 Å². The van der Waals surface area contributed by atoms with E-state index in [9.17, 15) is 9.59 Å². The third-order valence-corrected chi connectivity index (χ3v) is 3.94. The van der Waals surface area contributed by atoms with Crippen LogP contribution in [-0.2, 0) is 0 Å². The number of hydrogen-bond donors (Lipinski definition) is 3. The number of benzene rings is 1. The predicted molar refractivity (Wildman–Crippen MR) is 77.1 cm³/mol. The van der Waals surface area contributed by atoms with Crippen LogP contribution in [0.4, 0.5) is 10.5 Å². The molecule has 1 aliphatic rings. The first kappa shape index (κ1) is 14.4. The molecule has 2 amide bonds. The van der Waals surface area contributed by atoms with Crippen LogP contribution < -0.4 is 10.6 Å². The van der Waals surface area contributed by atoms with Crippen LogP contribution in [0.5, 0.6) is 0 Å². The van der Waals surface area contributed by atoms with E-state index in [4.69, 9.17) is 5.11 Å². The molecule has 5 nitrogen and oxygen atoms in total. The van der Waals surface area contributed by atoms with E-state index < -0.39 is 5.97 Å². The van der Waals surface area contributed by atoms with Crippen molar-refractivity contribution >= 4 is 17.7 Å². The van der Waals surface area contributed by atoms with Crippen LogP contribution in [0.25, 0.3) is 0 Å². The summed E-state index contributed by atoms with van der Waals surface area (Å²) >= 11 is 0. The van der Waals surface area contributed by atoms with Crippen LogP contribution in [0.1, 0.15) is 42.1 Å². The van der Waals surface area contributed by atoms with Gasteiger partial charge in [0.1, 0.15) is 0 Å². The second-order valence-corrected chi connectivity index (χ2v) is 5.41. The van der Waals surface area contributed by atoms with Crippen molar-refractivity contribution in [2.75, 3.05) is 5.32 Å². The summed E-state index contributed by atoms with van der Waals surface area (Å²) in [5.74, 6) is -0.428. The van der Waals surface area contributed by atoms with Gasteiger partial charge in [0.25, 0.3) is 0 Å². The van der Waals surface area contributed by atoms with Crippen molar-refractivity contribution in [1.82, 2.24) is 5.32 Å². The zero-order chi connectivity index (χ0) is 14.7. The van der Waals surface area contributed by atoms with Crippen LogP contribution in [0, 0.1) is 12.8 Å². The van der Waals surface area contributed by atoms with Crippen LogP contribution in [0.15, 0.2) is 18.2 Å². The quantitative estimate of drug-likeness (QED) is 0.791. The second-order valence-electron chi connectivity index (χ2n) is 5.41. The number of urea groups is 1. The molecule has 1 aromatic rings. The highest BCUT2D eigenvalue weighted by Crippen LogP contribution is 2.29. The van der Waals surface area contributed by atoms with Gasteiger partial charge < -0.3 is 15.7 Å². The summed E-state index contributed by atoms with van der Waals surface area (Å²) in [6.07, 6.45) is 3.56. The molecule has 1 unspecified atom stereocenters. The van der Waals surface area contributed by atoms with Crippen molar-refractivity contribution in [1.29, 1.82) is 0 Å². The van der Waals surface area contributed by atoms with Gasteiger partial charge in [0.15, 0.2) is 0 Å². The lowest BCUT2D eigenvalue weighted by atomic mass is 9.80. The van der Waals surface area contributed by atoms with Crippen LogP contribution in [0.2, 0.25) is 0 Å². The number of carboxylic acids is 1. The minimum atomic E-state index is -0.991. The molecule has 3 N–H and O–H groups in total. The van der Waals surface area contributed by atoms with Crippen molar-refractivity contribution in [2.24, 2.45) is 5.92 Å². The molecule has 0 bridgehead atoms. The van der Waals surface area contributed by atoms with Gasteiger partial charge in [-0.25, -0.2) is 9.59 Å². The Hall–Kier alpha value is -2.04. The summed E-state index contributed by atoms with van der Waals surface area (Å²) in [7, 11) is 0. The van der Waals surface area contributed by atoms with Gasteiger partial charge in [-0.3, -0.25) is 0 Å². The minimum absolute atomic E-state index is 0.146. The highest BCUT2D eigenvalue weighted by atomic mass is 16.4. The maximum Gasteiger partial charge on any atom is 0.336 e. The fraction of sp³-hybridized carbons (Fsp3) is 0.467. The number of carboxylic acid groups (broad SMARTS) is 1. The molecule has 1 aromatic carbocycles. The monoisotopic (exact) mass is 276 g/mol. The van der Waals surface area contributed by atoms with Crippen molar-refractivity contribution in [2.45, 2.75) is 39.2 Å². The SMILES string of the molecule is Cc1ccc(NC(=O)NC(C)C2CCC2)cc1C(=O)O. The molecule has 0 saturated heterocycles. The zero-order valence-electron chi connectivity index (χ0n) is 11.8. The van der Waals surface area contributed by atoms with E-state index >= 15 is 0 Å². The van der Waals surface area contributed by atoms with E-state index in [-0.39, 0.29) is 17.6 Å². The number of rotatable bonds is 4. The Labute approximate surface area is 118 Å². The van der Waals surface area contributed by atoms with E-state index in [0.29, 0.717) is 17.2 Å². The van der Waals surface area contributed by atoms with Crippen molar-refractivity contribution < 1.29 is 14.7 Å². The average Bonchev–Trinajstić information content (AvgIpc) is 2.28. The lowest BCUT2D eigenvalue weighted by Gasteiger charge is -2.31. The molecule has 5 heteroatoms. The molecule has 2 rings (SSSR count). The summed E-state index contributed by atoms with van der Waals surface area (Å²) in [5, 5.41) is 14.6. The molecule has 20 heavy (non-hydrogen) atoms. The fourth-order valence-electron chi connectivity index (χ4n) is 2.36. The molecule has 0 aliphatic heterocycles. The lowest BCUT2D eigenvalue weighted by molar-refractivity contribution is 0.0696. The van der Waals surface area contributed by atoms with Crippen molar-refractivity contribution in [3.63, 3.8) is 0 Å². The van der Waals surface area contributed by atoms with Crippen molar-refractivity contribution in [3.05, 3.63) is 29.3 Å². The highest BCUT2D eigenvalue weighted by Gasteiger charge is 2.24. The molecule has 1 fully saturated rings. The van der Waals surface area contributed by atoms with Gasteiger partial charge >= 0.3 is 12.0 Å². The number of aryl methyl sites for hydroxylation is 1. The Bertz CT molecular complexity index is 524. The highest BCUT2D eigenvalue weighted by molar-refractivity contribution is 5.94. The number of carbonyl (C=O) groups is 2. The maximum absolute atomic E-state index is 11.9. The maximum atomic E-state index is 11.9. The number of amides is 2. The molecule has 0 radical (unpaired) electrons. The Morgan fingerprint density at radius 2 is 2.05 bits per heavy atom. The molecule has 108 valence electrons. The number of nitrogens with one attached hydrogen (secondary N) is 2. The van der Waals surface area contributed by atoms with Gasteiger partial charge in [-0.15, -0.1) is 0 Å². The van der Waals surface area contributed by atoms with E-state index in [0.717, 1.165) is 12.8 Å². The lowest BCUT2D eigenvalue weighted by Crippen LogP contribution is -2.42. The summed E-state index contributed by atoms with van der Waals surface area (Å²) in [5.41, 5.74) is 1.37. The number of hydrogen-bond acceptors (Lipinski definition) is 2. The molecule has 0 heterocycles. The van der Waals surface area contributed by atoms with E-state index in [1.807, 2.05) is 6.92 Å². The van der Waals surface area contributed by atoms with Gasteiger partial charge in [-0.2, -0.15) is 0 Å². The molecule has 0 spiro atoms. The molecule has 0 aromatic heterocycles. The van der Waals surface area contributed by atoms with Gasteiger partial charge in [0.05, 0.1) is 5.56 Å². The van der Waals surface area contributed by atoms with Gasteiger partial charge in [-0.1, -0.05) is 12.5 Å². The molecule has 1 aliphatic carbocycles. The first-order valence-electron chi connectivity index (χ1n) is 6.89. The first-order valence-corrected chi connectivity index (χ1v) is 6.89. The van der Waals surface area contributed by atoms with Crippen LogP contribution in [-0.4, -0.2) is 23.1 Å². The molecular formula is C15H20N2O3. The Balaban J connectivity index is 1.96. The van der Waals surface area contributed by atoms with Gasteiger partial charge in [0.2, 0.25) is 0 Å². The fourth-order valence-corrected chi connectivity index (χ4v) is 2.36. The topological polar surface area (TPSA) is 78.4 Å². The summed E-state index contributed by atoms with van der Waals surface area (Å²) in [6, 6.07) is 4.73. The third kappa shape index (κ3) is 3.29. The number of carbonyl (C=O) groups excluding carboxylic acids is 1. The zero-order valence-corrected chi connectivity index (χ0v) is 11.8. The molecule has 1 saturated carbocycles. The van der Waals surface area contributed by atoms with Crippen LogP contribution in [0.3, 0.4) is 0 Å². The Morgan fingerprint density at radius 1 is 1.35 bits per heavy atom. The van der Waals surface area contributed by atoms with Gasteiger partial charge in [-0.05, 0) is 50.3 Å². The third-order valence-electron chi connectivity index (χ3n) is 3.94. The van der Waals surface area contributed by atoms with E-state index in [2.05, 4.69) is 10.6 Å². The van der Waals surface area contributed by atoms with E-state index in [1.54, 1.807) is 19.1 Å². The number of anilines is 1. The second kappa shape index (κ2) is 5.94. The van der Waals surface area contributed by atoms with Crippen LogP contribution >= 0.6 is 0 Å². The minimum Gasteiger partial charge on any atom is -0.478 e. The normalized spacial score (nSPS) is 16.1. The molecular weight excluding hydrogens is 256 g/mol. The Kier molecular flexibility index (Phi) is 4.27. The standard InChI is InChI=1S/C15H20N2O3/c1-9-6-7-12(8-13(9)14(18)19)17-15(20)16-10(2)11-4-3-5-11/h6-8,10-11H,3-5H2,1-2H3,(H,18,19)(H2,16,17,20). The predicted octanol–water partition coefficient (Wildman–Crippen LogP) is 3.00. The van der Waals surface area contributed by atoms with Gasteiger partial charge in [0, 0.05) is 11.7 Å². The number of aromatic carboxylic acids is 1. The summed E-state index contributed by atoms with van der Waals surface area (Å²) in [6.45, 7) is 3.73. The summed E-state index contributed by atoms with van der Waals surface area (Å²) < 4.78 is 0. The average molecular weight is 276 g/mol. The first-order chi connectivity index (χ1) is 9.47. The summed E-state index contributed by atoms with van der Waals surface area (Å²) in [4.78, 5) is 22.9.